The van der Waals surface area contributed by atoms with Crippen LogP contribution >= 0.6 is 35.7 Å². The highest BCUT2D eigenvalue weighted by molar-refractivity contribution is 7.71. The Hall–Kier alpha value is -1.30. The van der Waals surface area contributed by atoms with Crippen LogP contribution in [0.1, 0.15) is 6.23 Å². The van der Waals surface area contributed by atoms with Gasteiger partial charge in [-0.2, -0.15) is 8.62 Å². The van der Waals surface area contributed by atoms with Gasteiger partial charge in [0.15, 0.2) is 11.0 Å². The van der Waals surface area contributed by atoms with Crippen molar-refractivity contribution in [2.24, 2.45) is 5.11 Å². The number of phosphoric ester groups is 1. The molecule has 0 amide bonds. The van der Waals surface area contributed by atoms with Crippen LogP contribution in [0, 0.1) is 4.77 Å². The first-order chi connectivity index (χ1) is 14.0. The second-order valence-corrected chi connectivity index (χ2v) is 10.2. The summed E-state index contributed by atoms with van der Waals surface area (Å²) < 4.78 is 51.0. The number of hydrogen-bond acceptors (Lipinski definition) is 12. The lowest BCUT2D eigenvalue weighted by atomic mass is 10.2. The van der Waals surface area contributed by atoms with Gasteiger partial charge in [0.05, 0.1) is 0 Å². The van der Waals surface area contributed by atoms with E-state index in [2.05, 4.69) is 28.2 Å². The molecule has 0 saturated carbocycles. The first kappa shape index (κ1) is 26.0. The molecule has 23 heteroatoms. The fraction of sp³-hybridized carbons (Fsp3) is 0.500. The highest BCUT2D eigenvalue weighted by Crippen LogP contribution is 2.67. The number of azide groups is 1. The molecule has 1 saturated heterocycles. The predicted octanol–water partition coefficient (Wildman–Crippen LogP) is -0.536. The molecule has 2 heterocycles. The average Bonchev–Trinajstić information content (AvgIpc) is 2.76. The molecular weight excluding hydrogens is 515 g/mol. The van der Waals surface area contributed by atoms with Crippen molar-refractivity contribution >= 4 is 35.7 Å². The number of ether oxygens (including phenoxy) is 1. The summed E-state index contributed by atoms with van der Waals surface area (Å²) in [6.07, 6.45) is -5.40. The molecule has 1 aliphatic heterocycles. The molecule has 1 aromatic heterocycles. The second-order valence-electron chi connectivity index (χ2n) is 5.46. The molecule has 3 unspecified atom stereocenters. The van der Waals surface area contributed by atoms with Gasteiger partial charge in [-0.25, -0.2) is 18.2 Å². The van der Waals surface area contributed by atoms with Crippen molar-refractivity contribution < 1.29 is 61.4 Å². The summed E-state index contributed by atoms with van der Waals surface area (Å²) in [6, 6.07) is 0.911. The molecule has 7 N–H and O–H groups in total. The molecule has 1 aliphatic rings. The molecule has 0 aliphatic carbocycles. The minimum absolute atomic E-state index is 0.376. The van der Waals surface area contributed by atoms with Crippen molar-refractivity contribution in [1.82, 2.24) is 9.55 Å². The third-order valence-corrected chi connectivity index (χ3v) is 7.38. The van der Waals surface area contributed by atoms with Crippen LogP contribution in [-0.4, -0.2) is 57.5 Å². The maximum absolute atomic E-state index is 12.1. The number of aromatic amines is 1. The topological polar surface area (TPSA) is 296 Å². The number of nitrogens with one attached hydrogen (secondary N) is 1. The molecule has 0 bridgehead atoms. The van der Waals surface area contributed by atoms with Crippen molar-refractivity contribution in [3.8, 4) is 0 Å². The number of aromatic nitrogens is 2. The van der Waals surface area contributed by atoms with Crippen LogP contribution < -0.4 is 5.56 Å². The SMILES string of the molecule is [N-]=[N+]=N[C@]1(OP(=O)(O)OP(=O)(O)OP(=O)(O)O)O[C@@H](n2ccc(=O)[nH]c2=S)C(O)[C@H]1O. The van der Waals surface area contributed by atoms with E-state index in [1.165, 1.54) is 0 Å². The third-order valence-electron chi connectivity index (χ3n) is 3.25. The smallest absolute Gasteiger partial charge is 0.385 e. The summed E-state index contributed by atoms with van der Waals surface area (Å²) in [6.45, 7) is 0. The summed E-state index contributed by atoms with van der Waals surface area (Å²) in [5.74, 6) is -3.30. The van der Waals surface area contributed by atoms with Gasteiger partial charge in [0.2, 0.25) is 0 Å². The van der Waals surface area contributed by atoms with Crippen molar-refractivity contribution in [2.45, 2.75) is 24.3 Å². The largest absolute Gasteiger partial charge is 0.490 e. The van der Waals surface area contributed by atoms with Crippen molar-refractivity contribution in [3.05, 3.63) is 37.8 Å². The van der Waals surface area contributed by atoms with Gasteiger partial charge in [-0.05, 0) is 22.9 Å². The van der Waals surface area contributed by atoms with Gasteiger partial charge in [0.25, 0.3) is 11.5 Å². The lowest BCUT2D eigenvalue weighted by Gasteiger charge is -2.28. The van der Waals surface area contributed by atoms with Gasteiger partial charge in [0.1, 0.15) is 12.2 Å². The maximum atomic E-state index is 12.1. The van der Waals surface area contributed by atoms with Gasteiger partial charge < -0.3 is 34.5 Å². The summed E-state index contributed by atoms with van der Waals surface area (Å²) in [5, 5.41) is 23.2. The zero-order valence-corrected chi connectivity index (χ0v) is 17.9. The Kier molecular flexibility index (Phi) is 7.46. The monoisotopic (exact) mass is 527 g/mol. The van der Waals surface area contributed by atoms with Gasteiger partial charge in [-0.15, -0.1) is 0 Å². The van der Waals surface area contributed by atoms with E-state index >= 15 is 0 Å². The van der Waals surface area contributed by atoms with E-state index in [9.17, 15) is 38.5 Å². The summed E-state index contributed by atoms with van der Waals surface area (Å²) >= 11 is 4.84. The highest BCUT2D eigenvalue weighted by atomic mass is 32.1. The summed E-state index contributed by atoms with van der Waals surface area (Å²) in [7, 11) is -17.6. The van der Waals surface area contributed by atoms with Crippen LogP contribution in [0.5, 0.6) is 0 Å². The van der Waals surface area contributed by atoms with E-state index in [1.807, 2.05) is 0 Å². The Balaban J connectivity index is 2.41. The van der Waals surface area contributed by atoms with Crippen molar-refractivity contribution in [2.75, 3.05) is 0 Å². The Morgan fingerprint density at radius 2 is 1.84 bits per heavy atom. The van der Waals surface area contributed by atoms with E-state index in [1.54, 1.807) is 0 Å². The number of nitrogens with zero attached hydrogens (tertiary/aromatic N) is 4. The molecule has 0 aromatic carbocycles. The molecule has 1 aromatic rings. The molecule has 174 valence electrons. The van der Waals surface area contributed by atoms with Gasteiger partial charge in [-0.1, -0.05) is 0 Å². The van der Waals surface area contributed by atoms with Crippen LogP contribution in [0.4, 0.5) is 0 Å². The van der Waals surface area contributed by atoms with Crippen molar-refractivity contribution in [1.29, 1.82) is 0 Å². The number of aliphatic hydroxyl groups excluding tert-OH is 2. The molecule has 31 heavy (non-hydrogen) atoms. The average molecular weight is 527 g/mol. The Bertz CT molecular complexity index is 1160. The van der Waals surface area contributed by atoms with Crippen LogP contribution in [0.2, 0.25) is 0 Å². The number of hydrogen-bond donors (Lipinski definition) is 7. The fourth-order valence-electron chi connectivity index (χ4n) is 2.23. The number of rotatable bonds is 8. The van der Waals surface area contributed by atoms with Crippen LogP contribution in [0.15, 0.2) is 22.2 Å². The lowest BCUT2D eigenvalue weighted by Crippen LogP contribution is -2.43. The van der Waals surface area contributed by atoms with E-state index in [-0.39, 0.29) is 4.77 Å². The number of phosphoric acid groups is 3. The van der Waals surface area contributed by atoms with Crippen LogP contribution in [0.25, 0.3) is 10.4 Å². The first-order valence-corrected chi connectivity index (χ1v) is 12.2. The molecule has 0 radical (unpaired) electrons. The Morgan fingerprint density at radius 1 is 1.23 bits per heavy atom. The highest BCUT2D eigenvalue weighted by Gasteiger charge is 2.60. The maximum Gasteiger partial charge on any atom is 0.490 e. The minimum atomic E-state index is -5.98. The van der Waals surface area contributed by atoms with Crippen molar-refractivity contribution in [3.63, 3.8) is 0 Å². The Labute approximate surface area is 174 Å². The molecule has 2 rings (SSSR count). The molecular formula is C8H12N5O14P3S. The fourth-order valence-corrected chi connectivity index (χ4v) is 5.66. The quantitative estimate of drug-likeness (QED) is 0.0734. The van der Waals surface area contributed by atoms with E-state index in [4.69, 9.17) is 32.3 Å². The minimum Gasteiger partial charge on any atom is -0.385 e. The summed E-state index contributed by atoms with van der Waals surface area (Å²) in [4.78, 5) is 51.5. The molecule has 1 fully saturated rings. The third kappa shape index (κ3) is 6.36. The zero-order valence-electron chi connectivity index (χ0n) is 14.4. The predicted molar refractivity (Wildman–Crippen MR) is 94.8 cm³/mol. The molecule has 19 nitrogen and oxygen atoms in total. The van der Waals surface area contributed by atoms with Gasteiger partial charge in [0, 0.05) is 17.2 Å². The van der Waals surface area contributed by atoms with Gasteiger partial charge in [-0.3, -0.25) is 14.3 Å². The summed E-state index contributed by atoms with van der Waals surface area (Å²) in [5.41, 5.74) is 8.05. The molecule has 0 spiro atoms. The van der Waals surface area contributed by atoms with Gasteiger partial charge >= 0.3 is 23.5 Å². The zero-order chi connectivity index (χ0) is 23.8. The van der Waals surface area contributed by atoms with Crippen LogP contribution in [0.3, 0.4) is 0 Å². The number of aliphatic hydroxyl groups is 2. The van der Waals surface area contributed by atoms with E-state index in [0.717, 1.165) is 16.8 Å². The number of H-pyrrole nitrogens is 1. The van der Waals surface area contributed by atoms with E-state index in [0.29, 0.717) is 0 Å². The molecule has 6 atom stereocenters. The normalized spacial score (nSPS) is 30.2. The first-order valence-electron chi connectivity index (χ1n) is 7.27. The standard InChI is InChI=1S/C8H12N5O14P3S/c9-12-11-8(25-29(20,21)27-30(22,23)26-28(17,18)19)5(16)4(15)6(24-8)13-2-1-3(14)10-7(13)31/h1-2,4-6,15-16H,(H,20,21)(H,22,23)(H,10,14,31)(H2,17,18,19)/t4?,5-,6-,8+/m1/s1. The Morgan fingerprint density at radius 3 is 2.35 bits per heavy atom. The lowest BCUT2D eigenvalue weighted by molar-refractivity contribution is -0.222. The van der Waals surface area contributed by atoms with Crippen LogP contribution in [-0.2, 0) is 31.6 Å². The second kappa shape index (κ2) is 8.92. The van der Waals surface area contributed by atoms with E-state index < -0.39 is 53.4 Å².